The van der Waals surface area contributed by atoms with E-state index in [0.29, 0.717) is 0 Å². The van der Waals surface area contributed by atoms with Crippen LogP contribution in [0.15, 0.2) is 29.3 Å². The minimum atomic E-state index is 0. The van der Waals surface area contributed by atoms with Gasteiger partial charge in [-0.3, -0.25) is 9.89 Å². The van der Waals surface area contributed by atoms with Gasteiger partial charge in [0.2, 0.25) is 0 Å². The highest BCUT2D eigenvalue weighted by Crippen LogP contribution is 2.19. The zero-order valence-corrected chi connectivity index (χ0v) is 20.9. The van der Waals surface area contributed by atoms with E-state index >= 15 is 0 Å². The lowest BCUT2D eigenvalue weighted by molar-refractivity contribution is 0.0420. The monoisotopic (exact) mass is 530 g/mol. The van der Waals surface area contributed by atoms with E-state index in [1.165, 1.54) is 37.1 Å². The Balaban J connectivity index is 0.00000320. The Morgan fingerprint density at radius 2 is 2.07 bits per heavy atom. The fraction of sp³-hybridized carbons (Fsp3) is 0.696. The van der Waals surface area contributed by atoms with Crippen LogP contribution in [-0.4, -0.2) is 63.5 Å². The molecule has 3 rings (SSSR count). The zero-order chi connectivity index (χ0) is 20.3. The van der Waals surface area contributed by atoms with Gasteiger partial charge in [-0.25, -0.2) is 0 Å². The van der Waals surface area contributed by atoms with E-state index in [1.807, 2.05) is 7.05 Å². The molecule has 170 valence electrons. The number of likely N-dealkylation sites (tertiary alicyclic amines) is 1. The molecule has 2 fully saturated rings. The molecular weight excluding hydrogens is 491 g/mol. The quantitative estimate of drug-likeness (QED) is 0.222. The molecule has 0 radical (unpaired) electrons. The van der Waals surface area contributed by atoms with Gasteiger partial charge in [-0.15, -0.1) is 24.0 Å². The number of guanidine groups is 1. The molecule has 2 aliphatic rings. The first-order valence-electron chi connectivity index (χ1n) is 11.2. The van der Waals surface area contributed by atoms with Crippen LogP contribution in [0.5, 0.6) is 0 Å². The third kappa shape index (κ3) is 8.69. The predicted molar refractivity (Wildman–Crippen MR) is 134 cm³/mol. The summed E-state index contributed by atoms with van der Waals surface area (Å²) in [6.07, 6.45) is 4.94. The number of halogens is 1. The van der Waals surface area contributed by atoms with Gasteiger partial charge in [0.1, 0.15) is 0 Å². The molecular formula is C23H39IN4O2. The molecule has 2 N–H and O–H groups in total. The van der Waals surface area contributed by atoms with Crippen LogP contribution in [0, 0.1) is 5.92 Å². The molecule has 0 amide bonds. The first-order valence-corrected chi connectivity index (χ1v) is 11.2. The number of ether oxygens (including phenoxy) is 2. The van der Waals surface area contributed by atoms with Crippen molar-refractivity contribution in [3.63, 3.8) is 0 Å². The summed E-state index contributed by atoms with van der Waals surface area (Å²) in [6.45, 7) is 9.79. The van der Waals surface area contributed by atoms with Gasteiger partial charge in [-0.1, -0.05) is 31.2 Å². The van der Waals surface area contributed by atoms with Crippen molar-refractivity contribution in [2.75, 3.05) is 46.5 Å². The van der Waals surface area contributed by atoms with E-state index in [-0.39, 0.29) is 30.1 Å². The van der Waals surface area contributed by atoms with Gasteiger partial charge in [0.25, 0.3) is 0 Å². The van der Waals surface area contributed by atoms with Crippen LogP contribution < -0.4 is 10.6 Å². The van der Waals surface area contributed by atoms with Crippen LogP contribution in [0.25, 0.3) is 0 Å². The molecule has 6 nitrogen and oxygen atoms in total. The van der Waals surface area contributed by atoms with Gasteiger partial charge in [-0.05, 0) is 49.3 Å². The summed E-state index contributed by atoms with van der Waals surface area (Å²) >= 11 is 0. The van der Waals surface area contributed by atoms with Gasteiger partial charge >= 0.3 is 0 Å². The van der Waals surface area contributed by atoms with Gasteiger partial charge in [0.15, 0.2) is 5.96 Å². The van der Waals surface area contributed by atoms with E-state index in [2.05, 4.69) is 51.7 Å². The predicted octanol–water partition coefficient (Wildman–Crippen LogP) is 3.40. The molecule has 0 saturated carbocycles. The average Bonchev–Trinajstić information content (AvgIpc) is 3.24. The second-order valence-corrected chi connectivity index (χ2v) is 8.31. The molecule has 30 heavy (non-hydrogen) atoms. The molecule has 2 heterocycles. The molecule has 2 atom stereocenters. The normalized spacial score (nSPS) is 22.5. The topological polar surface area (TPSA) is 58.1 Å². The summed E-state index contributed by atoms with van der Waals surface area (Å²) in [5.41, 5.74) is 2.76. The number of piperidine rings is 1. The second-order valence-electron chi connectivity index (χ2n) is 8.31. The molecule has 0 bridgehead atoms. The summed E-state index contributed by atoms with van der Waals surface area (Å²) in [6, 6.07) is 8.76. The molecule has 2 unspecified atom stereocenters. The number of aliphatic imine (C=N–C) groups is 1. The highest BCUT2D eigenvalue weighted by molar-refractivity contribution is 14.0. The van der Waals surface area contributed by atoms with Crippen LogP contribution in [0.4, 0.5) is 0 Å². The highest BCUT2D eigenvalue weighted by Gasteiger charge is 2.17. The molecule has 2 aliphatic heterocycles. The third-order valence-corrected chi connectivity index (χ3v) is 5.78. The van der Waals surface area contributed by atoms with E-state index in [1.54, 1.807) is 0 Å². The zero-order valence-electron chi connectivity index (χ0n) is 18.6. The standard InChI is InChI=1S/C23H38N4O2.HI/c1-19-7-5-12-27(16-19)17-21-9-4-3-8-20(21)15-26-23(24-2)25-11-6-13-29-22-10-14-28-18-22;/h3-4,8-9,19,22H,5-7,10-18H2,1-2H3,(H2,24,25,26);1H. The highest BCUT2D eigenvalue weighted by atomic mass is 127. The van der Waals surface area contributed by atoms with Crippen LogP contribution in [0.2, 0.25) is 0 Å². The Hall–Kier alpha value is -0.900. The van der Waals surface area contributed by atoms with Crippen LogP contribution in [0.3, 0.4) is 0 Å². The summed E-state index contributed by atoms with van der Waals surface area (Å²) in [5, 5.41) is 6.85. The van der Waals surface area contributed by atoms with Crippen LogP contribution >= 0.6 is 24.0 Å². The van der Waals surface area contributed by atoms with Gasteiger partial charge in [-0.2, -0.15) is 0 Å². The lowest BCUT2D eigenvalue weighted by atomic mass is 9.99. The van der Waals surface area contributed by atoms with E-state index in [9.17, 15) is 0 Å². The maximum Gasteiger partial charge on any atom is 0.191 e. The maximum absolute atomic E-state index is 5.81. The minimum absolute atomic E-state index is 0. The van der Waals surface area contributed by atoms with Gasteiger partial charge < -0.3 is 20.1 Å². The largest absolute Gasteiger partial charge is 0.379 e. The van der Waals surface area contributed by atoms with Crippen molar-refractivity contribution in [1.82, 2.24) is 15.5 Å². The fourth-order valence-corrected chi connectivity index (χ4v) is 4.13. The van der Waals surface area contributed by atoms with E-state index in [0.717, 1.165) is 64.2 Å². The van der Waals surface area contributed by atoms with Crippen molar-refractivity contribution in [1.29, 1.82) is 0 Å². The Morgan fingerprint density at radius 3 is 2.80 bits per heavy atom. The first kappa shape index (κ1) is 25.4. The second kappa shape index (κ2) is 14.2. The van der Waals surface area contributed by atoms with Crippen LogP contribution in [-0.2, 0) is 22.6 Å². The SMILES string of the molecule is CN=C(NCCCOC1CCOC1)NCc1ccccc1CN1CCCC(C)C1.I. The minimum Gasteiger partial charge on any atom is -0.379 e. The Bertz CT molecular complexity index is 637. The summed E-state index contributed by atoms with van der Waals surface area (Å²) < 4.78 is 11.1. The van der Waals surface area contributed by atoms with Gasteiger partial charge in [0, 0.05) is 46.4 Å². The number of hydrogen-bond donors (Lipinski definition) is 2. The van der Waals surface area contributed by atoms with Crippen molar-refractivity contribution in [3.8, 4) is 0 Å². The van der Waals surface area contributed by atoms with E-state index < -0.39 is 0 Å². The number of benzene rings is 1. The molecule has 1 aromatic carbocycles. The molecule has 0 spiro atoms. The third-order valence-electron chi connectivity index (χ3n) is 5.78. The molecule has 0 aliphatic carbocycles. The number of rotatable bonds is 9. The van der Waals surface area contributed by atoms with Crippen molar-refractivity contribution >= 4 is 29.9 Å². The number of nitrogens with one attached hydrogen (secondary N) is 2. The Labute approximate surface area is 199 Å². The molecule has 2 saturated heterocycles. The lowest BCUT2D eigenvalue weighted by Gasteiger charge is -2.31. The van der Waals surface area contributed by atoms with Crippen molar-refractivity contribution in [2.45, 2.75) is 51.8 Å². The molecule has 0 aromatic heterocycles. The van der Waals surface area contributed by atoms with Gasteiger partial charge in [0.05, 0.1) is 12.7 Å². The average molecular weight is 530 g/mol. The van der Waals surface area contributed by atoms with Crippen molar-refractivity contribution in [3.05, 3.63) is 35.4 Å². The molecule has 7 heteroatoms. The maximum atomic E-state index is 5.81. The number of hydrogen-bond acceptors (Lipinski definition) is 4. The summed E-state index contributed by atoms with van der Waals surface area (Å²) in [4.78, 5) is 6.95. The summed E-state index contributed by atoms with van der Waals surface area (Å²) in [5.74, 6) is 1.65. The summed E-state index contributed by atoms with van der Waals surface area (Å²) in [7, 11) is 1.82. The molecule has 1 aromatic rings. The van der Waals surface area contributed by atoms with E-state index in [4.69, 9.17) is 9.47 Å². The Kier molecular flexibility index (Phi) is 12.0. The fourth-order valence-electron chi connectivity index (χ4n) is 4.13. The Morgan fingerprint density at radius 1 is 1.23 bits per heavy atom. The van der Waals surface area contributed by atoms with Crippen molar-refractivity contribution < 1.29 is 9.47 Å². The number of nitrogens with zero attached hydrogens (tertiary/aromatic N) is 2. The van der Waals surface area contributed by atoms with Crippen molar-refractivity contribution in [2.24, 2.45) is 10.9 Å². The first-order chi connectivity index (χ1) is 14.2. The van der Waals surface area contributed by atoms with Crippen LogP contribution in [0.1, 0.15) is 43.7 Å². The smallest absolute Gasteiger partial charge is 0.191 e. The lowest BCUT2D eigenvalue weighted by Crippen LogP contribution is -2.38.